The molecular formula is C22H21N5O2. The SMILES string of the molecule is CC(=NNC(=O)CNc1cccc(C(=O)Nc2ccccc2)c1)c1ccncc1. The lowest BCUT2D eigenvalue weighted by atomic mass is 10.2. The molecule has 0 aliphatic heterocycles. The number of hydrazone groups is 1. The fourth-order valence-corrected chi connectivity index (χ4v) is 2.52. The van der Waals surface area contributed by atoms with Crippen LogP contribution in [0.5, 0.6) is 0 Å². The number of nitrogens with one attached hydrogen (secondary N) is 3. The maximum Gasteiger partial charge on any atom is 0.259 e. The first-order valence-electron chi connectivity index (χ1n) is 9.06. The van der Waals surface area contributed by atoms with Gasteiger partial charge in [0.2, 0.25) is 0 Å². The highest BCUT2D eigenvalue weighted by molar-refractivity contribution is 6.04. The molecule has 0 fully saturated rings. The number of anilines is 2. The number of amides is 2. The molecule has 1 aromatic heterocycles. The van der Waals surface area contributed by atoms with Crippen LogP contribution in [0.1, 0.15) is 22.8 Å². The highest BCUT2D eigenvalue weighted by Gasteiger charge is 2.07. The van der Waals surface area contributed by atoms with E-state index in [0.717, 1.165) is 11.3 Å². The first-order valence-corrected chi connectivity index (χ1v) is 9.06. The van der Waals surface area contributed by atoms with Gasteiger partial charge >= 0.3 is 0 Å². The van der Waals surface area contributed by atoms with Gasteiger partial charge < -0.3 is 10.6 Å². The predicted octanol–water partition coefficient (Wildman–Crippen LogP) is 3.29. The van der Waals surface area contributed by atoms with Crippen LogP contribution in [0.25, 0.3) is 0 Å². The average molecular weight is 387 g/mol. The Morgan fingerprint density at radius 1 is 0.897 bits per heavy atom. The lowest BCUT2D eigenvalue weighted by molar-refractivity contribution is -0.119. The first kappa shape index (κ1) is 19.8. The van der Waals surface area contributed by atoms with Crippen LogP contribution in [-0.4, -0.2) is 29.1 Å². The third kappa shape index (κ3) is 6.00. The van der Waals surface area contributed by atoms with E-state index in [4.69, 9.17) is 0 Å². The molecule has 0 aliphatic rings. The maximum atomic E-state index is 12.4. The third-order valence-corrected chi connectivity index (χ3v) is 4.06. The van der Waals surface area contributed by atoms with Crippen LogP contribution < -0.4 is 16.1 Å². The molecule has 7 nitrogen and oxygen atoms in total. The van der Waals surface area contributed by atoms with Gasteiger partial charge in [-0.15, -0.1) is 0 Å². The van der Waals surface area contributed by atoms with Gasteiger partial charge in [-0.25, -0.2) is 5.43 Å². The molecule has 146 valence electrons. The molecule has 7 heteroatoms. The Labute approximate surface area is 168 Å². The largest absolute Gasteiger partial charge is 0.376 e. The van der Waals surface area contributed by atoms with E-state index in [-0.39, 0.29) is 18.4 Å². The van der Waals surface area contributed by atoms with Crippen LogP contribution >= 0.6 is 0 Å². The summed E-state index contributed by atoms with van der Waals surface area (Å²) >= 11 is 0. The molecule has 0 unspecified atom stereocenters. The van der Waals surface area contributed by atoms with Crippen LogP contribution in [0.3, 0.4) is 0 Å². The van der Waals surface area contributed by atoms with E-state index in [1.54, 1.807) is 43.6 Å². The number of benzene rings is 2. The molecule has 3 N–H and O–H groups in total. The van der Waals surface area contributed by atoms with E-state index in [2.05, 4.69) is 26.1 Å². The van der Waals surface area contributed by atoms with Crippen molar-refractivity contribution in [1.82, 2.24) is 10.4 Å². The highest BCUT2D eigenvalue weighted by Crippen LogP contribution is 2.13. The predicted molar refractivity (Wildman–Crippen MR) is 114 cm³/mol. The van der Waals surface area contributed by atoms with Gasteiger partial charge in [-0.2, -0.15) is 5.10 Å². The van der Waals surface area contributed by atoms with E-state index in [9.17, 15) is 9.59 Å². The molecule has 1 heterocycles. The number of hydrogen-bond acceptors (Lipinski definition) is 5. The smallest absolute Gasteiger partial charge is 0.259 e. The van der Waals surface area contributed by atoms with Crippen molar-refractivity contribution in [3.63, 3.8) is 0 Å². The summed E-state index contributed by atoms with van der Waals surface area (Å²) in [5.41, 5.74) is 5.94. The Bertz CT molecular complexity index is 1000. The number of rotatable bonds is 7. The van der Waals surface area contributed by atoms with Crippen molar-refractivity contribution < 1.29 is 9.59 Å². The lowest BCUT2D eigenvalue weighted by Crippen LogP contribution is -2.26. The summed E-state index contributed by atoms with van der Waals surface area (Å²) in [4.78, 5) is 28.4. The molecule has 0 bridgehead atoms. The summed E-state index contributed by atoms with van der Waals surface area (Å²) in [7, 11) is 0. The third-order valence-electron chi connectivity index (χ3n) is 4.06. The number of pyridine rings is 1. The zero-order chi connectivity index (χ0) is 20.5. The van der Waals surface area contributed by atoms with Gasteiger partial charge in [0.05, 0.1) is 12.3 Å². The Balaban J connectivity index is 1.53. The molecule has 3 rings (SSSR count). The molecule has 2 amide bonds. The standard InChI is InChI=1S/C22H21N5O2/c1-16(17-10-12-23-13-11-17)26-27-21(28)15-24-20-9-5-6-18(14-20)22(29)25-19-7-3-2-4-8-19/h2-14,24H,15H2,1H3,(H,25,29)(H,27,28). The van der Waals surface area contributed by atoms with E-state index >= 15 is 0 Å². The van der Waals surface area contributed by atoms with Crippen LogP contribution in [0.4, 0.5) is 11.4 Å². The van der Waals surface area contributed by atoms with Crippen molar-refractivity contribution in [1.29, 1.82) is 0 Å². The second-order valence-electron chi connectivity index (χ2n) is 6.22. The average Bonchev–Trinajstić information content (AvgIpc) is 2.77. The van der Waals surface area contributed by atoms with E-state index < -0.39 is 0 Å². The van der Waals surface area contributed by atoms with Gasteiger partial charge in [0.15, 0.2) is 0 Å². The highest BCUT2D eigenvalue weighted by atomic mass is 16.2. The van der Waals surface area contributed by atoms with Crippen molar-refractivity contribution in [3.8, 4) is 0 Å². The Morgan fingerprint density at radius 3 is 2.38 bits per heavy atom. The monoisotopic (exact) mass is 387 g/mol. The molecular weight excluding hydrogens is 366 g/mol. The van der Waals surface area contributed by atoms with Crippen LogP contribution in [-0.2, 0) is 4.79 Å². The number of nitrogens with zero attached hydrogens (tertiary/aromatic N) is 2. The summed E-state index contributed by atoms with van der Waals surface area (Å²) in [6.45, 7) is 1.83. The minimum atomic E-state index is -0.294. The number of para-hydroxylation sites is 1. The van der Waals surface area contributed by atoms with Gasteiger partial charge in [0, 0.05) is 34.9 Å². The molecule has 29 heavy (non-hydrogen) atoms. The zero-order valence-electron chi connectivity index (χ0n) is 15.9. The molecule has 0 saturated carbocycles. The van der Waals surface area contributed by atoms with Crippen LogP contribution in [0.2, 0.25) is 0 Å². The van der Waals surface area contributed by atoms with Gasteiger partial charge in [0.1, 0.15) is 0 Å². The van der Waals surface area contributed by atoms with Gasteiger partial charge in [-0.3, -0.25) is 14.6 Å². The summed E-state index contributed by atoms with van der Waals surface area (Å²) in [5.74, 6) is -0.514. The molecule has 0 saturated heterocycles. The van der Waals surface area contributed by atoms with Crippen molar-refractivity contribution >= 4 is 28.9 Å². The molecule has 0 spiro atoms. The van der Waals surface area contributed by atoms with Crippen molar-refractivity contribution in [2.24, 2.45) is 5.10 Å². The second kappa shape index (κ2) is 9.80. The van der Waals surface area contributed by atoms with E-state index in [1.807, 2.05) is 42.5 Å². The van der Waals surface area contributed by atoms with Crippen molar-refractivity contribution in [3.05, 3.63) is 90.3 Å². The van der Waals surface area contributed by atoms with Crippen LogP contribution in [0, 0.1) is 0 Å². The second-order valence-corrected chi connectivity index (χ2v) is 6.22. The molecule has 0 atom stereocenters. The quantitative estimate of drug-likeness (QED) is 0.428. The summed E-state index contributed by atoms with van der Waals surface area (Å²) in [6, 6.07) is 19.8. The normalized spacial score (nSPS) is 10.9. The lowest BCUT2D eigenvalue weighted by Gasteiger charge is -2.09. The minimum absolute atomic E-state index is 0.0247. The first-order chi connectivity index (χ1) is 14.1. The van der Waals surface area contributed by atoms with Gasteiger partial charge in [0.25, 0.3) is 11.8 Å². The Hall–Kier alpha value is -4.00. The molecule has 3 aromatic rings. The Morgan fingerprint density at radius 2 is 1.62 bits per heavy atom. The number of carbonyl (C=O) groups is 2. The topological polar surface area (TPSA) is 95.5 Å². The number of aromatic nitrogens is 1. The number of hydrogen-bond donors (Lipinski definition) is 3. The molecule has 0 radical (unpaired) electrons. The van der Waals surface area contributed by atoms with Crippen molar-refractivity contribution in [2.45, 2.75) is 6.92 Å². The maximum absolute atomic E-state index is 12.4. The van der Waals surface area contributed by atoms with Crippen molar-refractivity contribution in [2.75, 3.05) is 17.2 Å². The summed E-state index contributed by atoms with van der Waals surface area (Å²) < 4.78 is 0. The fraction of sp³-hybridized carbons (Fsp3) is 0.0909. The molecule has 0 aliphatic carbocycles. The summed E-state index contributed by atoms with van der Waals surface area (Å²) in [5, 5.41) is 9.91. The van der Waals surface area contributed by atoms with Gasteiger partial charge in [-0.1, -0.05) is 24.3 Å². The zero-order valence-corrected chi connectivity index (χ0v) is 15.9. The summed E-state index contributed by atoms with van der Waals surface area (Å²) in [6.07, 6.45) is 3.33. The minimum Gasteiger partial charge on any atom is -0.376 e. The molecule has 2 aromatic carbocycles. The van der Waals surface area contributed by atoms with E-state index in [0.29, 0.717) is 17.0 Å². The number of carbonyl (C=O) groups excluding carboxylic acids is 2. The van der Waals surface area contributed by atoms with E-state index in [1.165, 1.54) is 0 Å². The van der Waals surface area contributed by atoms with Gasteiger partial charge in [-0.05, 0) is 49.4 Å². The Kier molecular flexibility index (Phi) is 6.67. The van der Waals surface area contributed by atoms with Crippen LogP contribution in [0.15, 0.2) is 84.2 Å². The fourth-order valence-electron chi connectivity index (χ4n) is 2.52.